The van der Waals surface area contributed by atoms with E-state index in [0.717, 1.165) is 5.56 Å². The molecule has 0 spiro atoms. The number of rotatable bonds is 4. The Bertz CT molecular complexity index is 641. The van der Waals surface area contributed by atoms with E-state index in [4.69, 9.17) is 21.4 Å². The Morgan fingerprint density at radius 1 is 1.30 bits per heavy atom. The van der Waals surface area contributed by atoms with Crippen molar-refractivity contribution >= 4 is 17.6 Å². The molecule has 0 fully saturated rings. The predicted octanol–water partition coefficient (Wildman–Crippen LogP) is 4.35. The Balaban J connectivity index is 2.41. The summed E-state index contributed by atoms with van der Waals surface area (Å²) in [5.41, 5.74) is 0.977. The molecule has 0 bridgehead atoms. The maximum atomic E-state index is 11.0. The fraction of sp³-hybridized carbons (Fsp3) is 0.200. The lowest BCUT2D eigenvalue weighted by molar-refractivity contribution is 0.0696. The number of carboxylic acid groups (broad SMARTS) is 1. The number of carboxylic acids is 1. The van der Waals surface area contributed by atoms with E-state index in [9.17, 15) is 4.79 Å². The number of hydrogen-bond donors (Lipinski definition) is 1. The molecular weight excluding hydrogens is 278 g/mol. The van der Waals surface area contributed by atoms with Gasteiger partial charge in [0.2, 0.25) is 5.88 Å². The van der Waals surface area contributed by atoms with Crippen LogP contribution >= 0.6 is 11.6 Å². The number of para-hydroxylation sites is 1. The fourth-order valence-electron chi connectivity index (χ4n) is 1.82. The van der Waals surface area contributed by atoms with Gasteiger partial charge in [0, 0.05) is 6.20 Å². The van der Waals surface area contributed by atoms with Gasteiger partial charge in [0.05, 0.1) is 5.56 Å². The summed E-state index contributed by atoms with van der Waals surface area (Å²) in [6.07, 6.45) is 1.36. The highest BCUT2D eigenvalue weighted by atomic mass is 35.5. The first-order chi connectivity index (χ1) is 9.50. The summed E-state index contributed by atoms with van der Waals surface area (Å²) in [5.74, 6) is -0.119. The monoisotopic (exact) mass is 291 g/mol. The zero-order valence-corrected chi connectivity index (χ0v) is 11.9. The summed E-state index contributed by atoms with van der Waals surface area (Å²) in [4.78, 5) is 15.0. The van der Waals surface area contributed by atoms with Gasteiger partial charge in [-0.15, -0.1) is 0 Å². The molecule has 1 N–H and O–H groups in total. The predicted molar refractivity (Wildman–Crippen MR) is 76.8 cm³/mol. The topological polar surface area (TPSA) is 59.4 Å². The Kier molecular flexibility index (Phi) is 4.25. The van der Waals surface area contributed by atoms with Crippen molar-refractivity contribution in [2.45, 2.75) is 19.8 Å². The van der Waals surface area contributed by atoms with Crippen LogP contribution in [0.2, 0.25) is 5.02 Å². The molecule has 0 saturated heterocycles. The van der Waals surface area contributed by atoms with E-state index in [0.29, 0.717) is 5.75 Å². The van der Waals surface area contributed by atoms with Crippen LogP contribution in [0.25, 0.3) is 0 Å². The highest BCUT2D eigenvalue weighted by Crippen LogP contribution is 2.33. The van der Waals surface area contributed by atoms with Crippen LogP contribution < -0.4 is 4.74 Å². The molecule has 0 aliphatic carbocycles. The summed E-state index contributed by atoms with van der Waals surface area (Å²) in [7, 11) is 0. The molecule has 0 amide bonds. The van der Waals surface area contributed by atoms with Crippen LogP contribution in [0.4, 0.5) is 0 Å². The second kappa shape index (κ2) is 5.92. The molecule has 0 unspecified atom stereocenters. The normalized spacial score (nSPS) is 10.6. The second-order valence-corrected chi connectivity index (χ2v) is 4.96. The summed E-state index contributed by atoms with van der Waals surface area (Å²) in [6.45, 7) is 4.09. The maximum absolute atomic E-state index is 11.0. The lowest BCUT2D eigenvalue weighted by Crippen LogP contribution is -2.01. The van der Waals surface area contributed by atoms with Gasteiger partial charge in [-0.1, -0.05) is 43.6 Å². The number of aromatic nitrogens is 1. The van der Waals surface area contributed by atoms with Crippen LogP contribution in [-0.2, 0) is 0 Å². The second-order valence-electron chi connectivity index (χ2n) is 4.58. The van der Waals surface area contributed by atoms with E-state index < -0.39 is 5.97 Å². The average Bonchev–Trinajstić information content (AvgIpc) is 2.41. The van der Waals surface area contributed by atoms with Gasteiger partial charge in [-0.25, -0.2) is 9.78 Å². The summed E-state index contributed by atoms with van der Waals surface area (Å²) >= 11 is 6.02. The van der Waals surface area contributed by atoms with Crippen molar-refractivity contribution < 1.29 is 14.6 Å². The molecule has 104 valence electrons. The molecule has 20 heavy (non-hydrogen) atoms. The van der Waals surface area contributed by atoms with Crippen LogP contribution in [0.5, 0.6) is 11.6 Å². The van der Waals surface area contributed by atoms with Gasteiger partial charge in [0.25, 0.3) is 0 Å². The minimum Gasteiger partial charge on any atom is -0.478 e. The first kappa shape index (κ1) is 14.3. The number of pyridine rings is 1. The minimum absolute atomic E-state index is 0.00133. The maximum Gasteiger partial charge on any atom is 0.337 e. The zero-order chi connectivity index (χ0) is 14.7. The molecule has 2 rings (SSSR count). The SMILES string of the molecule is CC(C)c1ccccc1Oc1nccc(C(=O)O)c1Cl. The molecule has 0 aliphatic rings. The van der Waals surface area contributed by atoms with Crippen molar-refractivity contribution in [1.29, 1.82) is 0 Å². The molecule has 0 radical (unpaired) electrons. The van der Waals surface area contributed by atoms with E-state index in [1.807, 2.05) is 32.0 Å². The standard InChI is InChI=1S/C15H14ClNO3/c1-9(2)10-5-3-4-6-12(10)20-14-13(16)11(15(18)19)7-8-17-14/h3-9H,1-2H3,(H,18,19). The number of ether oxygens (including phenoxy) is 1. The summed E-state index contributed by atoms with van der Waals surface area (Å²) in [5, 5.41) is 9.03. The number of aromatic carboxylic acids is 1. The van der Waals surface area contributed by atoms with Crippen LogP contribution in [-0.4, -0.2) is 16.1 Å². The van der Waals surface area contributed by atoms with Crippen molar-refractivity contribution in [3.63, 3.8) is 0 Å². The van der Waals surface area contributed by atoms with Crippen LogP contribution in [0.3, 0.4) is 0 Å². The van der Waals surface area contributed by atoms with Gasteiger partial charge in [0.15, 0.2) is 0 Å². The number of halogens is 1. The number of carbonyl (C=O) groups is 1. The Morgan fingerprint density at radius 2 is 2.00 bits per heavy atom. The van der Waals surface area contributed by atoms with Crippen LogP contribution in [0.15, 0.2) is 36.5 Å². The quantitative estimate of drug-likeness (QED) is 0.910. The molecule has 1 aromatic carbocycles. The van der Waals surface area contributed by atoms with Crippen molar-refractivity contribution in [2.75, 3.05) is 0 Å². The zero-order valence-electron chi connectivity index (χ0n) is 11.1. The van der Waals surface area contributed by atoms with Gasteiger partial charge in [-0.2, -0.15) is 0 Å². The van der Waals surface area contributed by atoms with Gasteiger partial charge >= 0.3 is 5.97 Å². The first-order valence-electron chi connectivity index (χ1n) is 6.15. The van der Waals surface area contributed by atoms with Crippen molar-refractivity contribution in [3.8, 4) is 11.6 Å². The number of nitrogens with zero attached hydrogens (tertiary/aromatic N) is 1. The van der Waals surface area contributed by atoms with Crippen LogP contribution in [0, 0.1) is 0 Å². The molecule has 4 nitrogen and oxygen atoms in total. The highest BCUT2D eigenvalue weighted by molar-refractivity contribution is 6.34. The Hall–Kier alpha value is -2.07. The number of benzene rings is 1. The molecule has 1 aromatic heterocycles. The van der Waals surface area contributed by atoms with Gasteiger partial charge < -0.3 is 9.84 Å². The highest BCUT2D eigenvalue weighted by Gasteiger charge is 2.16. The summed E-state index contributed by atoms with van der Waals surface area (Å²) in [6, 6.07) is 8.86. The van der Waals surface area contributed by atoms with Gasteiger partial charge in [-0.3, -0.25) is 0 Å². The molecule has 1 heterocycles. The smallest absolute Gasteiger partial charge is 0.337 e. The summed E-state index contributed by atoms with van der Waals surface area (Å²) < 4.78 is 5.69. The van der Waals surface area contributed by atoms with Crippen molar-refractivity contribution in [1.82, 2.24) is 4.98 Å². The molecule has 5 heteroatoms. The van der Waals surface area contributed by atoms with E-state index >= 15 is 0 Å². The van der Waals surface area contributed by atoms with E-state index in [2.05, 4.69) is 4.98 Å². The molecule has 2 aromatic rings. The fourth-order valence-corrected chi connectivity index (χ4v) is 2.05. The molecular formula is C15H14ClNO3. The third-order valence-corrected chi connectivity index (χ3v) is 3.20. The number of hydrogen-bond acceptors (Lipinski definition) is 3. The van der Waals surface area contributed by atoms with E-state index in [1.54, 1.807) is 6.07 Å². The van der Waals surface area contributed by atoms with Crippen LogP contribution in [0.1, 0.15) is 35.7 Å². The van der Waals surface area contributed by atoms with E-state index in [1.165, 1.54) is 12.3 Å². The Labute approximate surface area is 122 Å². The molecule has 0 aliphatic heterocycles. The molecule has 0 saturated carbocycles. The first-order valence-corrected chi connectivity index (χ1v) is 6.53. The Morgan fingerprint density at radius 3 is 2.65 bits per heavy atom. The van der Waals surface area contributed by atoms with Crippen molar-refractivity contribution in [3.05, 3.63) is 52.7 Å². The lowest BCUT2D eigenvalue weighted by Gasteiger charge is -2.14. The third kappa shape index (κ3) is 2.91. The van der Waals surface area contributed by atoms with Gasteiger partial charge in [0.1, 0.15) is 10.8 Å². The van der Waals surface area contributed by atoms with Crippen molar-refractivity contribution in [2.24, 2.45) is 0 Å². The average molecular weight is 292 g/mol. The lowest BCUT2D eigenvalue weighted by atomic mass is 10.0. The van der Waals surface area contributed by atoms with E-state index in [-0.39, 0.29) is 22.4 Å². The molecule has 0 atom stereocenters. The largest absolute Gasteiger partial charge is 0.478 e. The minimum atomic E-state index is -1.11. The third-order valence-electron chi connectivity index (χ3n) is 2.84. The van der Waals surface area contributed by atoms with Gasteiger partial charge in [-0.05, 0) is 23.6 Å².